The summed E-state index contributed by atoms with van der Waals surface area (Å²) in [6.45, 7) is 7.31. The molecule has 2 aromatic carbocycles. The molecule has 3 rings (SSSR count). The molecule has 0 saturated heterocycles. The lowest BCUT2D eigenvalue weighted by Gasteiger charge is -2.21. The Kier molecular flexibility index (Phi) is 5.46. The van der Waals surface area contributed by atoms with Gasteiger partial charge in [-0.1, -0.05) is 48.6 Å². The predicted octanol–water partition coefficient (Wildman–Crippen LogP) is 3.77. The lowest BCUT2D eigenvalue weighted by atomic mass is 9.69. The number of nitrogens with one attached hydrogen (secondary N) is 1. The van der Waals surface area contributed by atoms with E-state index in [2.05, 4.69) is 4.72 Å². The highest BCUT2D eigenvalue weighted by Crippen LogP contribution is 2.30. The van der Waals surface area contributed by atoms with Crippen LogP contribution in [0.25, 0.3) is 11.1 Å². The fourth-order valence-electron chi connectivity index (χ4n) is 3.27. The number of aryl methyl sites for hydroxylation is 1. The van der Waals surface area contributed by atoms with Crippen molar-refractivity contribution in [3.8, 4) is 11.1 Å². The van der Waals surface area contributed by atoms with Crippen LogP contribution in [-0.4, -0.2) is 27.0 Å². The average molecular weight is 393 g/mol. The molecule has 0 atom stereocenters. The van der Waals surface area contributed by atoms with E-state index < -0.39 is 15.6 Å². The maximum Gasteiger partial charge on any atom is 0.241 e. The Morgan fingerprint density at radius 1 is 1.07 bits per heavy atom. The van der Waals surface area contributed by atoms with E-state index in [1.54, 1.807) is 24.3 Å². The van der Waals surface area contributed by atoms with Gasteiger partial charge in [-0.05, 0) is 50.4 Å². The summed E-state index contributed by atoms with van der Waals surface area (Å²) < 4.78 is 28.5. The van der Waals surface area contributed by atoms with E-state index in [1.807, 2.05) is 64.0 Å². The van der Waals surface area contributed by atoms with Crippen LogP contribution in [0, 0.1) is 6.92 Å². The Bertz CT molecular complexity index is 1090. The minimum Gasteiger partial charge on any atom is -0.290 e. The first-order valence-corrected chi connectivity index (χ1v) is 10.7. The molecule has 0 aromatic heterocycles. The molecule has 1 aliphatic rings. The highest BCUT2D eigenvalue weighted by Gasteiger charge is 2.25. The van der Waals surface area contributed by atoms with Crippen LogP contribution in [0.5, 0.6) is 0 Å². The van der Waals surface area contributed by atoms with Crippen LogP contribution in [0.3, 0.4) is 0 Å². The first-order valence-electron chi connectivity index (χ1n) is 9.23. The highest BCUT2D eigenvalue weighted by molar-refractivity contribution is 7.89. The second-order valence-electron chi connectivity index (χ2n) is 8.03. The van der Waals surface area contributed by atoms with Crippen molar-refractivity contribution >= 4 is 23.1 Å². The van der Waals surface area contributed by atoms with Crippen LogP contribution in [0.2, 0.25) is 0 Å². The summed E-state index contributed by atoms with van der Waals surface area (Å²) in [5.41, 5.74) is 3.04. The molecule has 0 spiro atoms. The van der Waals surface area contributed by atoms with Crippen molar-refractivity contribution in [2.24, 2.45) is 0 Å². The highest BCUT2D eigenvalue weighted by atomic mass is 32.2. The van der Waals surface area contributed by atoms with Gasteiger partial charge in [0.25, 0.3) is 0 Å². The van der Waals surface area contributed by atoms with Gasteiger partial charge < -0.3 is 0 Å². The van der Waals surface area contributed by atoms with Crippen molar-refractivity contribution in [2.75, 3.05) is 0 Å². The number of carbonyl (C=O) groups is 1. The molecule has 0 fully saturated rings. The van der Waals surface area contributed by atoms with Gasteiger partial charge in [0, 0.05) is 16.7 Å². The van der Waals surface area contributed by atoms with Gasteiger partial charge in [0.05, 0.1) is 4.90 Å². The summed E-state index contributed by atoms with van der Waals surface area (Å²) in [5.74, 6) is 1.98. The zero-order valence-corrected chi connectivity index (χ0v) is 17.4. The van der Waals surface area contributed by atoms with E-state index in [1.165, 1.54) is 0 Å². The second kappa shape index (κ2) is 7.53. The van der Waals surface area contributed by atoms with Gasteiger partial charge in [-0.15, -0.1) is 5.98 Å². The third-order valence-electron chi connectivity index (χ3n) is 4.46. The average Bonchev–Trinajstić information content (AvgIpc) is 3.14. The summed E-state index contributed by atoms with van der Waals surface area (Å²) in [5, 5.41) is 0. The SMILES string of the molecule is Cc1cc(-c2ccccc2S(=O)(=O)NC(C)(C)C)ccc1C(=O)C1=CC=CB1. The number of Topliss-reactive ketones (excluding diaryl/α,β-unsaturated/α-hetero) is 1. The van der Waals surface area contributed by atoms with Crippen LogP contribution in [0.15, 0.2) is 71.0 Å². The number of benzene rings is 2. The van der Waals surface area contributed by atoms with Crippen molar-refractivity contribution in [1.82, 2.24) is 4.72 Å². The normalized spacial score (nSPS) is 13.9. The van der Waals surface area contributed by atoms with Gasteiger partial charge in [-0.25, -0.2) is 13.1 Å². The molecule has 0 saturated carbocycles. The lowest BCUT2D eigenvalue weighted by Crippen LogP contribution is -2.40. The number of carbonyl (C=O) groups excluding carboxylic acids is 1. The smallest absolute Gasteiger partial charge is 0.241 e. The summed E-state index contributed by atoms with van der Waals surface area (Å²) in [6.07, 6.45) is 3.73. The molecule has 2 aromatic rings. The molecule has 1 heterocycles. The molecule has 1 aliphatic heterocycles. The van der Waals surface area contributed by atoms with Crippen molar-refractivity contribution in [3.63, 3.8) is 0 Å². The van der Waals surface area contributed by atoms with Crippen LogP contribution in [-0.2, 0) is 10.0 Å². The lowest BCUT2D eigenvalue weighted by molar-refractivity contribution is 0.104. The number of rotatable bonds is 5. The standard InChI is InChI=1S/C22H24BNO3S/c1-15-14-16(11-12-17(15)21(25)19-9-7-13-23-19)18-8-5-6-10-20(18)28(26,27)24-22(2,3)4/h5-14,23-24H,1-4H3. The Morgan fingerprint density at radius 2 is 1.79 bits per heavy atom. The molecule has 0 unspecified atom stereocenters. The maximum atomic E-state index is 12.9. The quantitative estimate of drug-likeness (QED) is 0.621. The van der Waals surface area contributed by atoms with E-state index in [0.29, 0.717) is 18.4 Å². The molecule has 28 heavy (non-hydrogen) atoms. The fraction of sp³-hybridized carbons (Fsp3) is 0.227. The van der Waals surface area contributed by atoms with Gasteiger partial charge in [0.15, 0.2) is 13.1 Å². The first-order chi connectivity index (χ1) is 13.1. The third-order valence-corrected chi connectivity index (χ3v) is 6.28. The van der Waals surface area contributed by atoms with Crippen LogP contribution in [0.1, 0.15) is 36.7 Å². The van der Waals surface area contributed by atoms with Gasteiger partial charge in [-0.2, -0.15) is 0 Å². The topological polar surface area (TPSA) is 63.2 Å². The molecular formula is C22H24BNO3S. The Balaban J connectivity index is 2.02. The largest absolute Gasteiger partial charge is 0.290 e. The molecule has 0 radical (unpaired) electrons. The van der Waals surface area contributed by atoms with E-state index >= 15 is 0 Å². The monoisotopic (exact) mass is 393 g/mol. The number of ketones is 1. The minimum absolute atomic E-state index is 0.0179. The number of hydrogen-bond donors (Lipinski definition) is 1. The zero-order chi connectivity index (χ0) is 20.5. The second-order valence-corrected chi connectivity index (χ2v) is 9.69. The van der Waals surface area contributed by atoms with Gasteiger partial charge in [-0.3, -0.25) is 4.79 Å². The predicted molar refractivity (Wildman–Crippen MR) is 115 cm³/mol. The molecule has 0 bridgehead atoms. The molecule has 144 valence electrons. The third kappa shape index (κ3) is 4.34. The van der Waals surface area contributed by atoms with E-state index in [9.17, 15) is 13.2 Å². The summed E-state index contributed by atoms with van der Waals surface area (Å²) in [4.78, 5) is 12.9. The van der Waals surface area contributed by atoms with Crippen LogP contribution < -0.4 is 4.72 Å². The zero-order valence-electron chi connectivity index (χ0n) is 16.6. The van der Waals surface area contributed by atoms with E-state index in [-0.39, 0.29) is 10.7 Å². The molecule has 4 nitrogen and oxygen atoms in total. The van der Waals surface area contributed by atoms with E-state index in [4.69, 9.17) is 0 Å². The Hall–Kier alpha value is -2.44. The fourth-order valence-corrected chi connectivity index (χ4v) is 4.92. The Morgan fingerprint density at radius 3 is 2.39 bits per heavy atom. The molecule has 0 aliphatic carbocycles. The van der Waals surface area contributed by atoms with Gasteiger partial charge in [0.1, 0.15) is 0 Å². The maximum absolute atomic E-state index is 12.9. The van der Waals surface area contributed by atoms with Gasteiger partial charge >= 0.3 is 0 Å². The summed E-state index contributed by atoms with van der Waals surface area (Å²) >= 11 is 0. The molecule has 1 N–H and O–H groups in total. The molecule has 0 amide bonds. The van der Waals surface area contributed by atoms with Crippen molar-refractivity contribution in [2.45, 2.75) is 38.1 Å². The van der Waals surface area contributed by atoms with Crippen molar-refractivity contribution in [1.29, 1.82) is 0 Å². The molecular weight excluding hydrogens is 369 g/mol. The first kappa shape index (κ1) is 20.3. The number of allylic oxidation sites excluding steroid dienone is 3. The van der Waals surface area contributed by atoms with Crippen molar-refractivity contribution in [3.05, 3.63) is 77.2 Å². The Labute approximate surface area is 167 Å². The summed E-state index contributed by atoms with van der Waals surface area (Å²) in [7, 11) is -3.03. The van der Waals surface area contributed by atoms with Crippen LogP contribution in [0.4, 0.5) is 0 Å². The minimum atomic E-state index is -3.68. The number of sulfonamides is 1. The molecule has 6 heteroatoms. The van der Waals surface area contributed by atoms with Crippen LogP contribution >= 0.6 is 0 Å². The van der Waals surface area contributed by atoms with Crippen molar-refractivity contribution < 1.29 is 13.2 Å². The van der Waals surface area contributed by atoms with E-state index in [0.717, 1.165) is 16.6 Å². The van der Waals surface area contributed by atoms with Gasteiger partial charge in [0.2, 0.25) is 10.0 Å². The summed E-state index contributed by atoms with van der Waals surface area (Å²) in [6, 6.07) is 12.4. The number of hydrogen-bond acceptors (Lipinski definition) is 3.